The van der Waals surface area contributed by atoms with Crippen molar-refractivity contribution in [2.75, 3.05) is 31.1 Å². The van der Waals surface area contributed by atoms with Gasteiger partial charge in [-0.3, -0.25) is 9.69 Å². The standard InChI is InChI=1S/C18H31N5O/c1-14(2)23(15(3)4)13-10-19-17(24)16-6-11-22(12-7-16)18-20-8-5-9-21-18/h5,8-9,14-16H,6-7,10-13H2,1-4H3,(H,19,24). The molecule has 0 radical (unpaired) electrons. The van der Waals surface area contributed by atoms with Gasteiger partial charge >= 0.3 is 0 Å². The Morgan fingerprint density at radius 1 is 1.21 bits per heavy atom. The summed E-state index contributed by atoms with van der Waals surface area (Å²) in [4.78, 5) is 25.5. The lowest BCUT2D eigenvalue weighted by atomic mass is 9.96. The summed E-state index contributed by atoms with van der Waals surface area (Å²) >= 11 is 0. The summed E-state index contributed by atoms with van der Waals surface area (Å²) in [5, 5.41) is 3.12. The SMILES string of the molecule is CC(C)N(CCNC(=O)C1CCN(c2ncccn2)CC1)C(C)C. The Bertz CT molecular complexity index is 489. The highest BCUT2D eigenvalue weighted by Gasteiger charge is 2.26. The van der Waals surface area contributed by atoms with Crippen LogP contribution in [0.3, 0.4) is 0 Å². The molecule has 134 valence electrons. The van der Waals surface area contributed by atoms with Gasteiger partial charge in [-0.15, -0.1) is 0 Å². The third-order valence-electron chi connectivity index (χ3n) is 4.70. The summed E-state index contributed by atoms with van der Waals surface area (Å²) < 4.78 is 0. The van der Waals surface area contributed by atoms with Crippen LogP contribution in [-0.2, 0) is 4.79 Å². The Morgan fingerprint density at radius 3 is 2.33 bits per heavy atom. The van der Waals surface area contributed by atoms with Crippen molar-refractivity contribution in [1.82, 2.24) is 20.2 Å². The van der Waals surface area contributed by atoms with E-state index in [0.717, 1.165) is 45.0 Å². The van der Waals surface area contributed by atoms with Gasteiger partial charge in [0.15, 0.2) is 0 Å². The molecule has 1 N–H and O–H groups in total. The molecule has 2 rings (SSSR count). The van der Waals surface area contributed by atoms with Gasteiger partial charge in [-0.2, -0.15) is 0 Å². The lowest BCUT2D eigenvalue weighted by Gasteiger charge is -2.32. The molecule has 2 heterocycles. The zero-order valence-corrected chi connectivity index (χ0v) is 15.4. The molecule has 1 saturated heterocycles. The lowest BCUT2D eigenvalue weighted by Crippen LogP contribution is -2.45. The average Bonchev–Trinajstić information content (AvgIpc) is 2.58. The zero-order valence-electron chi connectivity index (χ0n) is 15.4. The van der Waals surface area contributed by atoms with Crippen molar-refractivity contribution >= 4 is 11.9 Å². The predicted octanol–water partition coefficient (Wildman–Crippen LogP) is 1.93. The number of hydrogen-bond acceptors (Lipinski definition) is 5. The molecule has 0 saturated carbocycles. The fraction of sp³-hybridized carbons (Fsp3) is 0.722. The van der Waals surface area contributed by atoms with Gasteiger partial charge in [-0.05, 0) is 46.6 Å². The molecule has 1 amide bonds. The van der Waals surface area contributed by atoms with Crippen LogP contribution in [-0.4, -0.2) is 59.0 Å². The molecule has 0 aromatic carbocycles. The second kappa shape index (κ2) is 8.97. The van der Waals surface area contributed by atoms with Crippen LogP contribution in [0.15, 0.2) is 18.5 Å². The summed E-state index contributed by atoms with van der Waals surface area (Å²) in [6.07, 6.45) is 5.25. The third kappa shape index (κ3) is 5.16. The highest BCUT2D eigenvalue weighted by atomic mass is 16.1. The Hall–Kier alpha value is -1.69. The first-order valence-corrected chi connectivity index (χ1v) is 9.04. The summed E-state index contributed by atoms with van der Waals surface area (Å²) in [6.45, 7) is 12.1. The van der Waals surface area contributed by atoms with E-state index in [9.17, 15) is 4.79 Å². The highest BCUT2D eigenvalue weighted by molar-refractivity contribution is 5.78. The van der Waals surface area contributed by atoms with Gasteiger partial charge in [0.05, 0.1) is 0 Å². The average molecular weight is 333 g/mol. The second-order valence-electron chi connectivity index (χ2n) is 7.03. The number of nitrogens with zero attached hydrogens (tertiary/aromatic N) is 4. The first-order chi connectivity index (χ1) is 11.5. The number of aromatic nitrogens is 2. The number of carbonyl (C=O) groups excluding carboxylic acids is 1. The Balaban J connectivity index is 1.73. The molecule has 0 atom stereocenters. The summed E-state index contributed by atoms with van der Waals surface area (Å²) in [5.41, 5.74) is 0. The number of hydrogen-bond donors (Lipinski definition) is 1. The Morgan fingerprint density at radius 2 is 1.79 bits per heavy atom. The molecule has 24 heavy (non-hydrogen) atoms. The summed E-state index contributed by atoms with van der Waals surface area (Å²) in [7, 11) is 0. The van der Waals surface area contributed by atoms with E-state index in [1.54, 1.807) is 12.4 Å². The molecule has 1 aromatic rings. The minimum Gasteiger partial charge on any atom is -0.355 e. The van der Waals surface area contributed by atoms with Gasteiger partial charge in [-0.1, -0.05) is 0 Å². The van der Waals surface area contributed by atoms with Crippen LogP contribution < -0.4 is 10.2 Å². The molecule has 6 nitrogen and oxygen atoms in total. The van der Waals surface area contributed by atoms with E-state index in [1.807, 2.05) is 6.07 Å². The molecule has 0 bridgehead atoms. The minimum atomic E-state index is 0.108. The molecule has 1 aromatic heterocycles. The van der Waals surface area contributed by atoms with Crippen LogP contribution in [0.2, 0.25) is 0 Å². The van der Waals surface area contributed by atoms with Crippen LogP contribution in [0.4, 0.5) is 5.95 Å². The topological polar surface area (TPSA) is 61.4 Å². The van der Waals surface area contributed by atoms with Crippen LogP contribution in [0.25, 0.3) is 0 Å². The fourth-order valence-electron chi connectivity index (χ4n) is 3.36. The molecule has 1 fully saturated rings. The quantitative estimate of drug-likeness (QED) is 0.826. The molecule has 1 aliphatic heterocycles. The number of piperidine rings is 1. The lowest BCUT2D eigenvalue weighted by molar-refractivity contribution is -0.125. The van der Waals surface area contributed by atoms with E-state index in [2.05, 4.69) is 52.8 Å². The van der Waals surface area contributed by atoms with Crippen molar-refractivity contribution in [3.05, 3.63) is 18.5 Å². The van der Waals surface area contributed by atoms with Gasteiger partial charge < -0.3 is 10.2 Å². The number of rotatable bonds is 7. The van der Waals surface area contributed by atoms with E-state index in [4.69, 9.17) is 0 Å². The molecule has 6 heteroatoms. The third-order valence-corrected chi connectivity index (χ3v) is 4.70. The second-order valence-corrected chi connectivity index (χ2v) is 7.03. The summed E-state index contributed by atoms with van der Waals surface area (Å²) in [5.74, 6) is 1.06. The van der Waals surface area contributed by atoms with Gasteiger partial charge in [0, 0.05) is 56.6 Å². The number of nitrogens with one attached hydrogen (secondary N) is 1. The largest absolute Gasteiger partial charge is 0.355 e. The molecule has 0 spiro atoms. The van der Waals surface area contributed by atoms with Crippen molar-refractivity contribution in [3.63, 3.8) is 0 Å². The molecule has 0 unspecified atom stereocenters. The predicted molar refractivity (Wildman–Crippen MR) is 97.0 cm³/mol. The first kappa shape index (κ1) is 18.6. The first-order valence-electron chi connectivity index (χ1n) is 9.04. The smallest absolute Gasteiger partial charge is 0.225 e. The number of anilines is 1. The fourth-order valence-corrected chi connectivity index (χ4v) is 3.36. The van der Waals surface area contributed by atoms with E-state index < -0.39 is 0 Å². The van der Waals surface area contributed by atoms with Crippen LogP contribution in [0.1, 0.15) is 40.5 Å². The number of amides is 1. The maximum absolute atomic E-state index is 12.4. The molecule has 0 aliphatic carbocycles. The van der Waals surface area contributed by atoms with E-state index in [1.165, 1.54) is 0 Å². The normalized spacial score (nSPS) is 16.2. The Labute approximate surface area is 145 Å². The van der Waals surface area contributed by atoms with Gasteiger partial charge in [-0.25, -0.2) is 9.97 Å². The molecule has 1 aliphatic rings. The van der Waals surface area contributed by atoms with Crippen molar-refractivity contribution in [1.29, 1.82) is 0 Å². The van der Waals surface area contributed by atoms with Crippen LogP contribution in [0, 0.1) is 5.92 Å². The monoisotopic (exact) mass is 333 g/mol. The van der Waals surface area contributed by atoms with Crippen molar-refractivity contribution in [3.8, 4) is 0 Å². The van der Waals surface area contributed by atoms with E-state index >= 15 is 0 Å². The Kier molecular flexibility index (Phi) is 6.97. The zero-order chi connectivity index (χ0) is 17.5. The molecular formula is C18H31N5O. The van der Waals surface area contributed by atoms with Gasteiger partial charge in [0.25, 0.3) is 0 Å². The van der Waals surface area contributed by atoms with Crippen molar-refractivity contribution < 1.29 is 4.79 Å². The van der Waals surface area contributed by atoms with Crippen LogP contribution >= 0.6 is 0 Å². The van der Waals surface area contributed by atoms with E-state index in [-0.39, 0.29) is 11.8 Å². The molecular weight excluding hydrogens is 302 g/mol. The summed E-state index contributed by atoms with van der Waals surface area (Å²) in [6, 6.07) is 2.81. The van der Waals surface area contributed by atoms with Crippen LogP contribution in [0.5, 0.6) is 0 Å². The maximum atomic E-state index is 12.4. The highest BCUT2D eigenvalue weighted by Crippen LogP contribution is 2.20. The van der Waals surface area contributed by atoms with Gasteiger partial charge in [0.2, 0.25) is 11.9 Å². The van der Waals surface area contributed by atoms with Crippen molar-refractivity contribution in [2.24, 2.45) is 5.92 Å². The minimum absolute atomic E-state index is 0.108. The van der Waals surface area contributed by atoms with Crippen molar-refractivity contribution in [2.45, 2.75) is 52.6 Å². The number of carbonyl (C=O) groups is 1. The van der Waals surface area contributed by atoms with Gasteiger partial charge in [0.1, 0.15) is 0 Å². The van der Waals surface area contributed by atoms with E-state index in [0.29, 0.717) is 12.1 Å². The maximum Gasteiger partial charge on any atom is 0.225 e.